The van der Waals surface area contributed by atoms with Crippen molar-refractivity contribution in [2.45, 2.75) is 25.5 Å². The summed E-state index contributed by atoms with van der Waals surface area (Å²) in [6.45, 7) is 5.04. The number of phenols is 1. The third kappa shape index (κ3) is 5.47. The number of nitro benzene ring substituents is 1. The van der Waals surface area contributed by atoms with Gasteiger partial charge in [0.2, 0.25) is 0 Å². The van der Waals surface area contributed by atoms with Crippen molar-refractivity contribution in [1.29, 1.82) is 0 Å². The Bertz CT molecular complexity index is 936. The van der Waals surface area contributed by atoms with E-state index in [1.807, 2.05) is 18.2 Å². The van der Waals surface area contributed by atoms with Gasteiger partial charge in [-0.2, -0.15) is 0 Å². The first kappa shape index (κ1) is 21.9. The van der Waals surface area contributed by atoms with E-state index in [-0.39, 0.29) is 11.8 Å². The summed E-state index contributed by atoms with van der Waals surface area (Å²) in [5, 5.41) is 24.5. The highest BCUT2D eigenvalue weighted by Crippen LogP contribution is 2.27. The molecule has 170 valence electrons. The van der Waals surface area contributed by atoms with Crippen LogP contribution in [0.5, 0.6) is 5.75 Å². The number of para-hydroxylation sites is 2. The minimum absolute atomic E-state index is 0.0785. The number of anilines is 1. The molecule has 2 saturated heterocycles. The number of benzene rings is 2. The minimum atomic E-state index is -0.397. The van der Waals surface area contributed by atoms with E-state index in [1.54, 1.807) is 18.2 Å². The molecule has 0 aromatic heterocycles. The summed E-state index contributed by atoms with van der Waals surface area (Å²) in [6, 6.07) is 13.9. The van der Waals surface area contributed by atoms with Crippen LogP contribution in [0.15, 0.2) is 53.5 Å². The number of aromatic hydroxyl groups is 1. The molecule has 1 atom stereocenters. The summed E-state index contributed by atoms with van der Waals surface area (Å²) < 4.78 is 5.74. The van der Waals surface area contributed by atoms with E-state index in [0.717, 1.165) is 62.8 Å². The molecular weight excluding hydrogens is 410 g/mol. The van der Waals surface area contributed by atoms with Crippen LogP contribution in [0.3, 0.4) is 0 Å². The van der Waals surface area contributed by atoms with Crippen LogP contribution in [0.2, 0.25) is 0 Å². The van der Waals surface area contributed by atoms with Gasteiger partial charge in [-0.15, -0.1) is 0 Å². The molecule has 2 fully saturated rings. The normalized spacial score (nSPS) is 19.2. The lowest BCUT2D eigenvalue weighted by Gasteiger charge is -2.38. The first-order chi connectivity index (χ1) is 15.6. The van der Waals surface area contributed by atoms with Crippen molar-refractivity contribution in [3.63, 3.8) is 0 Å². The highest BCUT2D eigenvalue weighted by Gasteiger charge is 2.23. The molecule has 2 aromatic carbocycles. The van der Waals surface area contributed by atoms with Gasteiger partial charge >= 0.3 is 0 Å². The fourth-order valence-electron chi connectivity index (χ4n) is 4.06. The molecule has 2 aromatic rings. The summed E-state index contributed by atoms with van der Waals surface area (Å²) in [5.74, 6) is 1.11. The Hall–Kier alpha value is -3.33. The summed E-state index contributed by atoms with van der Waals surface area (Å²) in [5.41, 5.74) is 1.85. The Kier molecular flexibility index (Phi) is 7.06. The lowest BCUT2D eigenvalue weighted by molar-refractivity contribution is -0.384. The van der Waals surface area contributed by atoms with E-state index in [0.29, 0.717) is 18.8 Å². The second-order valence-corrected chi connectivity index (χ2v) is 8.04. The van der Waals surface area contributed by atoms with E-state index < -0.39 is 4.92 Å². The van der Waals surface area contributed by atoms with Crippen molar-refractivity contribution in [2.75, 3.05) is 44.2 Å². The number of guanidine groups is 1. The first-order valence-corrected chi connectivity index (χ1v) is 11.0. The molecule has 9 nitrogen and oxygen atoms in total. The highest BCUT2D eigenvalue weighted by atomic mass is 16.6. The molecule has 2 N–H and O–H groups in total. The van der Waals surface area contributed by atoms with Gasteiger partial charge in [0.1, 0.15) is 5.75 Å². The average Bonchev–Trinajstić information content (AvgIpc) is 3.34. The number of ether oxygens (including phenoxy) is 1. The van der Waals surface area contributed by atoms with E-state index in [2.05, 4.69) is 15.1 Å². The van der Waals surface area contributed by atoms with Crippen molar-refractivity contribution >= 4 is 17.3 Å². The Morgan fingerprint density at radius 3 is 2.56 bits per heavy atom. The van der Waals surface area contributed by atoms with Crippen LogP contribution in [0, 0.1) is 10.1 Å². The first-order valence-electron chi connectivity index (χ1n) is 11.0. The fourth-order valence-corrected chi connectivity index (χ4v) is 4.06. The SMILES string of the molecule is O=[N+]([O-])c1ccc(CN=C(NCC2CCCO2)N2CCN(c3ccccc3O)CC2)cc1. The van der Waals surface area contributed by atoms with Gasteiger partial charge in [0.15, 0.2) is 5.96 Å². The number of nitrogens with one attached hydrogen (secondary N) is 1. The van der Waals surface area contributed by atoms with Crippen LogP contribution < -0.4 is 10.2 Å². The Morgan fingerprint density at radius 1 is 1.16 bits per heavy atom. The smallest absolute Gasteiger partial charge is 0.269 e. The molecule has 2 aliphatic heterocycles. The molecule has 1 unspecified atom stereocenters. The Balaban J connectivity index is 1.42. The summed E-state index contributed by atoms with van der Waals surface area (Å²) in [4.78, 5) is 19.7. The van der Waals surface area contributed by atoms with Gasteiger partial charge in [-0.05, 0) is 30.5 Å². The minimum Gasteiger partial charge on any atom is -0.506 e. The topological polar surface area (TPSA) is 103 Å². The molecule has 0 spiro atoms. The van der Waals surface area contributed by atoms with Crippen LogP contribution in [0.1, 0.15) is 18.4 Å². The molecular formula is C23H29N5O4. The predicted molar refractivity (Wildman–Crippen MR) is 123 cm³/mol. The zero-order valence-electron chi connectivity index (χ0n) is 18.0. The number of nitrogens with zero attached hydrogens (tertiary/aromatic N) is 4. The summed E-state index contributed by atoms with van der Waals surface area (Å²) in [7, 11) is 0. The van der Waals surface area contributed by atoms with Gasteiger partial charge in [-0.3, -0.25) is 10.1 Å². The molecule has 9 heteroatoms. The fraction of sp³-hybridized carbons (Fsp3) is 0.435. The molecule has 32 heavy (non-hydrogen) atoms. The number of non-ortho nitro benzene ring substituents is 1. The van der Waals surface area contributed by atoms with Crippen molar-refractivity contribution in [2.24, 2.45) is 4.99 Å². The molecule has 2 heterocycles. The van der Waals surface area contributed by atoms with E-state index >= 15 is 0 Å². The quantitative estimate of drug-likeness (QED) is 0.309. The maximum atomic E-state index is 10.9. The molecule has 0 radical (unpaired) electrons. The number of phenolic OH excluding ortho intramolecular Hbond substituents is 1. The molecule has 2 aliphatic rings. The van der Waals surface area contributed by atoms with Crippen LogP contribution in [-0.2, 0) is 11.3 Å². The third-order valence-electron chi connectivity index (χ3n) is 5.87. The zero-order chi connectivity index (χ0) is 22.3. The largest absolute Gasteiger partial charge is 0.506 e. The molecule has 0 bridgehead atoms. The van der Waals surface area contributed by atoms with Gasteiger partial charge in [-0.25, -0.2) is 4.99 Å². The monoisotopic (exact) mass is 439 g/mol. The van der Waals surface area contributed by atoms with Crippen molar-refractivity contribution in [3.05, 3.63) is 64.2 Å². The lowest BCUT2D eigenvalue weighted by atomic mass is 10.2. The number of hydrogen-bond donors (Lipinski definition) is 2. The maximum Gasteiger partial charge on any atom is 0.269 e. The second kappa shape index (κ2) is 10.3. The molecule has 4 rings (SSSR count). The number of aliphatic imine (C=N–C) groups is 1. The van der Waals surface area contributed by atoms with Crippen LogP contribution in [-0.4, -0.2) is 66.3 Å². The highest BCUT2D eigenvalue weighted by molar-refractivity contribution is 5.80. The van der Waals surface area contributed by atoms with Crippen LogP contribution >= 0.6 is 0 Å². The number of hydrogen-bond acceptors (Lipinski definition) is 6. The van der Waals surface area contributed by atoms with Gasteiger partial charge in [0.05, 0.1) is 23.3 Å². The number of nitro groups is 1. The Labute approximate surface area is 187 Å². The van der Waals surface area contributed by atoms with E-state index in [1.165, 1.54) is 12.1 Å². The second-order valence-electron chi connectivity index (χ2n) is 8.04. The standard InChI is InChI=1S/C23H29N5O4/c29-22-6-2-1-5-21(22)26-11-13-27(14-12-26)23(25-17-20-4-3-15-32-20)24-16-18-7-9-19(10-8-18)28(30)31/h1-2,5-10,20,29H,3-4,11-17H2,(H,24,25). The van der Waals surface area contributed by atoms with Crippen molar-refractivity contribution in [1.82, 2.24) is 10.2 Å². The van der Waals surface area contributed by atoms with E-state index in [4.69, 9.17) is 9.73 Å². The Morgan fingerprint density at radius 2 is 1.91 bits per heavy atom. The number of piperazine rings is 1. The molecule has 0 amide bonds. The van der Waals surface area contributed by atoms with Gasteiger partial charge < -0.3 is 25.0 Å². The van der Waals surface area contributed by atoms with Gasteiger partial charge in [0, 0.05) is 51.5 Å². The van der Waals surface area contributed by atoms with Gasteiger partial charge in [-0.1, -0.05) is 24.3 Å². The third-order valence-corrected chi connectivity index (χ3v) is 5.87. The van der Waals surface area contributed by atoms with Crippen molar-refractivity contribution < 1.29 is 14.8 Å². The molecule has 0 aliphatic carbocycles. The summed E-state index contributed by atoms with van der Waals surface area (Å²) in [6.07, 6.45) is 2.33. The molecule has 0 saturated carbocycles. The maximum absolute atomic E-state index is 10.9. The zero-order valence-corrected chi connectivity index (χ0v) is 18.0. The van der Waals surface area contributed by atoms with Crippen molar-refractivity contribution in [3.8, 4) is 5.75 Å². The van der Waals surface area contributed by atoms with Gasteiger partial charge in [0.25, 0.3) is 5.69 Å². The lowest BCUT2D eigenvalue weighted by Crippen LogP contribution is -2.53. The summed E-state index contributed by atoms with van der Waals surface area (Å²) >= 11 is 0. The van der Waals surface area contributed by atoms with Crippen LogP contribution in [0.4, 0.5) is 11.4 Å². The van der Waals surface area contributed by atoms with E-state index in [9.17, 15) is 15.2 Å². The predicted octanol–water partition coefficient (Wildman–Crippen LogP) is 2.75. The average molecular weight is 440 g/mol. The van der Waals surface area contributed by atoms with Crippen LogP contribution in [0.25, 0.3) is 0 Å². The number of rotatable bonds is 6.